The molecule has 1 aromatic carbocycles. The molecule has 0 saturated carbocycles. The highest BCUT2D eigenvalue weighted by molar-refractivity contribution is 5.86. The van der Waals surface area contributed by atoms with E-state index in [1.54, 1.807) is 0 Å². The zero-order valence-corrected chi connectivity index (χ0v) is 12.5. The molecule has 2 atom stereocenters. The average Bonchev–Trinajstić information content (AvgIpc) is 2.70. The lowest BCUT2D eigenvalue weighted by atomic mass is 10.1. The smallest absolute Gasteiger partial charge is 0.180 e. The molecule has 0 radical (unpaired) electrons. The molecule has 2 aromatic rings. The highest BCUT2D eigenvalue weighted by atomic mass is 16.5. The number of aliphatic hydroxyl groups excluding tert-OH is 1. The number of para-hydroxylation sites is 1. The predicted octanol–water partition coefficient (Wildman–Crippen LogP) is 2.92. The van der Waals surface area contributed by atoms with Gasteiger partial charge in [0.1, 0.15) is 0 Å². The third-order valence-electron chi connectivity index (χ3n) is 3.98. The van der Waals surface area contributed by atoms with E-state index in [1.807, 2.05) is 45.0 Å². The Bertz CT molecular complexity index is 589. The molecule has 1 heterocycles. The molecule has 0 bridgehead atoms. The largest absolute Gasteiger partial charge is 0.377 e. The van der Waals surface area contributed by atoms with Crippen molar-refractivity contribution in [1.29, 1.82) is 0 Å². The first-order chi connectivity index (χ1) is 9.49. The minimum absolute atomic E-state index is 0.0539. The predicted molar refractivity (Wildman–Crippen MR) is 79.7 cm³/mol. The van der Waals surface area contributed by atoms with Gasteiger partial charge in [0.25, 0.3) is 0 Å². The molecule has 0 amide bonds. The summed E-state index contributed by atoms with van der Waals surface area (Å²) in [5, 5.41) is 20.2. The van der Waals surface area contributed by atoms with Crippen LogP contribution in [0.2, 0.25) is 0 Å². The second-order valence-electron chi connectivity index (χ2n) is 5.16. The summed E-state index contributed by atoms with van der Waals surface area (Å²) in [4.78, 5) is 0. The molecule has 0 aliphatic heterocycles. The van der Waals surface area contributed by atoms with E-state index in [0.29, 0.717) is 12.2 Å². The Morgan fingerprint density at radius 1 is 1.20 bits per heavy atom. The van der Waals surface area contributed by atoms with Gasteiger partial charge in [-0.1, -0.05) is 18.2 Å². The van der Waals surface area contributed by atoms with Gasteiger partial charge in [-0.05, 0) is 33.8 Å². The number of hydrogen-bond acceptors (Lipinski definition) is 3. The van der Waals surface area contributed by atoms with Crippen LogP contribution in [0.1, 0.15) is 44.4 Å². The van der Waals surface area contributed by atoms with Gasteiger partial charge in [0.05, 0.1) is 12.1 Å². The summed E-state index contributed by atoms with van der Waals surface area (Å²) < 4.78 is 7.82. The Kier molecular flexibility index (Phi) is 4.48. The lowest BCUT2D eigenvalue weighted by Gasteiger charge is -2.24. The molecule has 0 fully saturated rings. The van der Waals surface area contributed by atoms with Crippen LogP contribution in [0.4, 0.5) is 0 Å². The van der Waals surface area contributed by atoms with Crippen molar-refractivity contribution < 1.29 is 14.9 Å². The molecular formula is C16H23NO3. The number of aromatic nitrogens is 1. The zero-order chi connectivity index (χ0) is 14.9. The van der Waals surface area contributed by atoms with Crippen LogP contribution in [0.5, 0.6) is 0 Å². The molecule has 4 heteroatoms. The van der Waals surface area contributed by atoms with Gasteiger partial charge in [-0.15, -0.1) is 0 Å². The molecule has 2 N–H and O–H groups in total. The summed E-state index contributed by atoms with van der Waals surface area (Å²) in [6, 6.07) is 7.92. The molecule has 4 nitrogen and oxygen atoms in total. The first-order valence-electron chi connectivity index (χ1n) is 7.06. The van der Waals surface area contributed by atoms with E-state index in [4.69, 9.17) is 4.74 Å². The third kappa shape index (κ3) is 2.46. The zero-order valence-electron chi connectivity index (χ0n) is 12.5. The van der Waals surface area contributed by atoms with Crippen molar-refractivity contribution in [2.24, 2.45) is 0 Å². The summed E-state index contributed by atoms with van der Waals surface area (Å²) in [6.07, 6.45) is -1.41. The van der Waals surface area contributed by atoms with Crippen LogP contribution in [0.3, 0.4) is 0 Å². The minimum Gasteiger partial charge on any atom is -0.377 e. The van der Waals surface area contributed by atoms with Crippen LogP contribution in [-0.4, -0.2) is 27.5 Å². The summed E-state index contributed by atoms with van der Waals surface area (Å²) in [7, 11) is 0. The number of benzene rings is 1. The van der Waals surface area contributed by atoms with Gasteiger partial charge in [-0.3, -0.25) is 0 Å². The molecule has 2 unspecified atom stereocenters. The SMILES string of the molecule is CCOC(C)C(C)n1c(C)c(C(O)O)c2ccccc21. The molecule has 2 rings (SSSR count). The van der Waals surface area contributed by atoms with Crippen LogP contribution in [-0.2, 0) is 4.74 Å². The fourth-order valence-corrected chi connectivity index (χ4v) is 2.88. The van der Waals surface area contributed by atoms with E-state index >= 15 is 0 Å². The Morgan fingerprint density at radius 3 is 2.45 bits per heavy atom. The quantitative estimate of drug-likeness (QED) is 0.826. The standard InChI is InChI=1S/C16H23NO3/c1-5-20-12(4)10(2)17-11(3)15(16(18)19)13-8-6-7-9-14(13)17/h6-10,12,16,18-19H,5H2,1-4H3. The minimum atomic E-state index is -1.46. The van der Waals surface area contributed by atoms with Crippen LogP contribution >= 0.6 is 0 Å². The molecule has 0 spiro atoms. The van der Waals surface area contributed by atoms with Gasteiger partial charge < -0.3 is 19.5 Å². The van der Waals surface area contributed by atoms with Gasteiger partial charge in [0.15, 0.2) is 6.29 Å². The van der Waals surface area contributed by atoms with Crippen molar-refractivity contribution in [3.05, 3.63) is 35.5 Å². The normalized spacial score (nSPS) is 14.9. The molecule has 0 saturated heterocycles. The number of hydrogen-bond donors (Lipinski definition) is 2. The molecular weight excluding hydrogens is 254 g/mol. The average molecular weight is 277 g/mol. The number of ether oxygens (including phenoxy) is 1. The molecule has 0 aliphatic carbocycles. The number of rotatable bonds is 5. The van der Waals surface area contributed by atoms with Crippen molar-refractivity contribution in [1.82, 2.24) is 4.57 Å². The molecule has 1 aromatic heterocycles. The van der Waals surface area contributed by atoms with Crippen molar-refractivity contribution in [2.45, 2.75) is 46.1 Å². The lowest BCUT2D eigenvalue weighted by molar-refractivity contribution is -0.0421. The lowest BCUT2D eigenvalue weighted by Crippen LogP contribution is -2.22. The number of nitrogens with zero attached hydrogens (tertiary/aromatic N) is 1. The Balaban J connectivity index is 2.61. The fraction of sp³-hybridized carbons (Fsp3) is 0.500. The van der Waals surface area contributed by atoms with E-state index in [9.17, 15) is 10.2 Å². The summed E-state index contributed by atoms with van der Waals surface area (Å²) in [6.45, 7) is 8.70. The van der Waals surface area contributed by atoms with E-state index < -0.39 is 6.29 Å². The summed E-state index contributed by atoms with van der Waals surface area (Å²) in [5.74, 6) is 0. The van der Waals surface area contributed by atoms with Gasteiger partial charge >= 0.3 is 0 Å². The van der Waals surface area contributed by atoms with E-state index in [1.165, 1.54) is 0 Å². The monoisotopic (exact) mass is 277 g/mol. The van der Waals surface area contributed by atoms with Crippen LogP contribution < -0.4 is 0 Å². The summed E-state index contributed by atoms with van der Waals surface area (Å²) in [5.41, 5.74) is 2.46. The van der Waals surface area contributed by atoms with Gasteiger partial charge in [0, 0.05) is 28.8 Å². The maximum atomic E-state index is 9.65. The number of fused-ring (bicyclic) bond motifs is 1. The molecule has 110 valence electrons. The Morgan fingerprint density at radius 2 is 1.85 bits per heavy atom. The summed E-state index contributed by atoms with van der Waals surface area (Å²) >= 11 is 0. The highest BCUT2D eigenvalue weighted by Crippen LogP contribution is 2.33. The van der Waals surface area contributed by atoms with Crippen molar-refractivity contribution in [2.75, 3.05) is 6.61 Å². The van der Waals surface area contributed by atoms with E-state index in [-0.39, 0.29) is 12.1 Å². The Hall–Kier alpha value is -1.36. The second-order valence-corrected chi connectivity index (χ2v) is 5.16. The Labute approximate surface area is 119 Å². The first-order valence-corrected chi connectivity index (χ1v) is 7.06. The van der Waals surface area contributed by atoms with Crippen molar-refractivity contribution in [3.63, 3.8) is 0 Å². The van der Waals surface area contributed by atoms with Crippen LogP contribution in [0.15, 0.2) is 24.3 Å². The van der Waals surface area contributed by atoms with Crippen molar-refractivity contribution in [3.8, 4) is 0 Å². The van der Waals surface area contributed by atoms with Crippen LogP contribution in [0.25, 0.3) is 10.9 Å². The van der Waals surface area contributed by atoms with Gasteiger partial charge in [-0.25, -0.2) is 0 Å². The van der Waals surface area contributed by atoms with Crippen molar-refractivity contribution >= 4 is 10.9 Å². The number of aliphatic hydroxyl groups is 2. The van der Waals surface area contributed by atoms with E-state index in [2.05, 4.69) is 11.5 Å². The maximum Gasteiger partial charge on any atom is 0.180 e. The van der Waals surface area contributed by atoms with Crippen LogP contribution in [0, 0.1) is 6.92 Å². The third-order valence-corrected chi connectivity index (χ3v) is 3.98. The highest BCUT2D eigenvalue weighted by Gasteiger charge is 2.23. The maximum absolute atomic E-state index is 9.65. The van der Waals surface area contributed by atoms with Gasteiger partial charge in [-0.2, -0.15) is 0 Å². The van der Waals surface area contributed by atoms with E-state index in [0.717, 1.165) is 16.6 Å². The second kappa shape index (κ2) is 5.95. The topological polar surface area (TPSA) is 54.6 Å². The van der Waals surface area contributed by atoms with Gasteiger partial charge in [0.2, 0.25) is 0 Å². The molecule has 0 aliphatic rings. The fourth-order valence-electron chi connectivity index (χ4n) is 2.88. The first kappa shape index (κ1) is 15.0. The molecule has 20 heavy (non-hydrogen) atoms.